The van der Waals surface area contributed by atoms with Gasteiger partial charge in [0, 0.05) is 33.2 Å². The Morgan fingerprint density at radius 1 is 0.500 bits per heavy atom. The van der Waals surface area contributed by atoms with Crippen molar-refractivity contribution in [2.24, 2.45) is 9.98 Å². The minimum Gasteiger partial charge on any atom is -0.344 e. The average Bonchev–Trinajstić information content (AvgIpc) is 3.32. The predicted molar refractivity (Wildman–Crippen MR) is 228 cm³/mol. The molecule has 1 aromatic heterocycles. The first kappa shape index (κ1) is 36.1. The van der Waals surface area contributed by atoms with Crippen LogP contribution in [0.25, 0.3) is 34.2 Å². The Hall–Kier alpha value is -7.55. The van der Waals surface area contributed by atoms with E-state index in [2.05, 4.69) is 29.6 Å². The van der Waals surface area contributed by atoms with Crippen LogP contribution in [0, 0.1) is 22.7 Å². The normalized spacial score (nSPS) is 15.9. The zero-order chi connectivity index (χ0) is 39.3. The molecule has 7 aromatic rings. The molecule has 0 bridgehead atoms. The summed E-state index contributed by atoms with van der Waals surface area (Å²) in [4.78, 5) is 24.7. The smallest absolute Gasteiger partial charge is 0.164 e. The van der Waals surface area contributed by atoms with Crippen LogP contribution in [0.2, 0.25) is 0 Å². The van der Waals surface area contributed by atoms with E-state index in [1.54, 1.807) is 0 Å². The van der Waals surface area contributed by atoms with Crippen molar-refractivity contribution in [3.63, 3.8) is 0 Å². The number of aromatic nitrogens is 3. The molecule has 1 N–H and O–H groups in total. The van der Waals surface area contributed by atoms with Gasteiger partial charge in [0.25, 0.3) is 0 Å². The highest BCUT2D eigenvalue weighted by atomic mass is 15.2. The molecule has 1 aliphatic heterocycles. The monoisotopic (exact) mass is 750 g/mol. The number of hydrogen-bond acceptors (Lipinski definition) is 8. The fourth-order valence-corrected chi connectivity index (χ4v) is 8.29. The lowest BCUT2D eigenvalue weighted by Gasteiger charge is -2.40. The van der Waals surface area contributed by atoms with Crippen LogP contribution in [-0.4, -0.2) is 26.6 Å². The molecule has 0 saturated heterocycles. The highest BCUT2D eigenvalue weighted by Gasteiger charge is 2.39. The first-order chi connectivity index (χ1) is 28.6. The SMILES string of the molecule is N#Cc1cc(C2=NC(c3ccccc3)NC(c3ccccc3)=N2)ccc1C1(c2ccc(-c3nc(-c4ccccc4)nc(-c4ccccc4)n3)cc2C#N)CCCCC1. The lowest BCUT2D eigenvalue weighted by atomic mass is 9.63. The van der Waals surface area contributed by atoms with Crippen LogP contribution in [0.1, 0.15) is 77.2 Å². The van der Waals surface area contributed by atoms with Gasteiger partial charge in [-0.2, -0.15) is 10.5 Å². The van der Waals surface area contributed by atoms with Crippen molar-refractivity contribution in [3.05, 3.63) is 197 Å². The largest absolute Gasteiger partial charge is 0.344 e. The van der Waals surface area contributed by atoms with E-state index in [4.69, 9.17) is 24.9 Å². The van der Waals surface area contributed by atoms with Gasteiger partial charge in [0.15, 0.2) is 23.3 Å². The molecule has 6 aromatic carbocycles. The summed E-state index contributed by atoms with van der Waals surface area (Å²) in [5.41, 5.74) is 7.59. The van der Waals surface area contributed by atoms with Crippen LogP contribution in [0.4, 0.5) is 0 Å². The van der Waals surface area contributed by atoms with E-state index in [0.717, 1.165) is 82.4 Å². The van der Waals surface area contributed by atoms with Crippen molar-refractivity contribution in [2.45, 2.75) is 43.7 Å². The topological polar surface area (TPSA) is 123 Å². The minimum absolute atomic E-state index is 0.354. The maximum atomic E-state index is 10.8. The van der Waals surface area contributed by atoms with E-state index >= 15 is 0 Å². The van der Waals surface area contributed by atoms with Gasteiger partial charge in [-0.1, -0.05) is 165 Å². The van der Waals surface area contributed by atoms with Crippen LogP contribution in [-0.2, 0) is 5.41 Å². The number of nitrogens with zero attached hydrogens (tertiary/aromatic N) is 7. The van der Waals surface area contributed by atoms with Crippen molar-refractivity contribution in [2.75, 3.05) is 0 Å². The molecule has 1 fully saturated rings. The van der Waals surface area contributed by atoms with E-state index in [1.165, 1.54) is 0 Å². The lowest BCUT2D eigenvalue weighted by molar-refractivity contribution is 0.345. The number of nitriles is 2. The van der Waals surface area contributed by atoms with Crippen molar-refractivity contribution >= 4 is 11.7 Å². The van der Waals surface area contributed by atoms with Gasteiger partial charge >= 0.3 is 0 Å². The lowest BCUT2D eigenvalue weighted by Crippen LogP contribution is -2.34. The molecule has 58 heavy (non-hydrogen) atoms. The Bertz CT molecular complexity index is 2690. The van der Waals surface area contributed by atoms with Gasteiger partial charge in [0.1, 0.15) is 12.0 Å². The average molecular weight is 751 g/mol. The number of nitrogens with one attached hydrogen (secondary N) is 1. The molecule has 8 nitrogen and oxygen atoms in total. The van der Waals surface area contributed by atoms with Crippen molar-refractivity contribution in [1.29, 1.82) is 10.5 Å². The summed E-state index contributed by atoms with van der Waals surface area (Å²) in [6.07, 6.45) is 4.33. The van der Waals surface area contributed by atoms with Gasteiger partial charge < -0.3 is 5.32 Å². The fourth-order valence-electron chi connectivity index (χ4n) is 8.29. The number of hydrogen-bond donors (Lipinski definition) is 1. The van der Waals surface area contributed by atoms with Crippen LogP contribution >= 0.6 is 0 Å². The number of aliphatic imine (C=N–C) groups is 2. The van der Waals surface area contributed by atoms with Crippen LogP contribution in [0.3, 0.4) is 0 Å². The van der Waals surface area contributed by atoms with E-state index in [1.807, 2.05) is 146 Å². The third-order valence-electron chi connectivity index (χ3n) is 11.1. The van der Waals surface area contributed by atoms with Gasteiger partial charge in [-0.15, -0.1) is 0 Å². The molecule has 1 atom stereocenters. The summed E-state index contributed by atoms with van der Waals surface area (Å²) in [6, 6.07) is 56.9. The third kappa shape index (κ3) is 7.04. The molecule has 0 spiro atoms. The Kier molecular flexibility index (Phi) is 9.90. The molecular weight excluding hydrogens is 713 g/mol. The molecule has 1 aliphatic carbocycles. The Labute approximate surface area is 338 Å². The zero-order valence-electron chi connectivity index (χ0n) is 31.8. The van der Waals surface area contributed by atoms with Gasteiger partial charge in [-0.3, -0.25) is 0 Å². The molecule has 1 unspecified atom stereocenters. The molecule has 9 rings (SSSR count). The standard InChI is InChI=1S/C50H38N8/c51-32-40-30-38(48-55-44(34-16-6-1-7-17-34)53-45(56-48)35-18-8-2-9-19-35)24-26-42(40)50(28-14-5-15-29-50)43-27-25-39(31-41(43)33-52)49-57-46(36-20-10-3-11-21-36)54-47(58-49)37-22-12-4-13-23-37/h1-4,6-13,16-27,30-31,44H,5,14-15,28-29H2,(H,53,55,56). The van der Waals surface area contributed by atoms with E-state index < -0.39 is 5.41 Å². The first-order valence-electron chi connectivity index (χ1n) is 19.6. The maximum absolute atomic E-state index is 10.8. The van der Waals surface area contributed by atoms with Crippen molar-refractivity contribution < 1.29 is 0 Å². The second kappa shape index (κ2) is 15.9. The van der Waals surface area contributed by atoms with Crippen LogP contribution in [0.5, 0.6) is 0 Å². The molecule has 278 valence electrons. The second-order valence-corrected chi connectivity index (χ2v) is 14.7. The van der Waals surface area contributed by atoms with Gasteiger partial charge in [-0.05, 0) is 41.7 Å². The van der Waals surface area contributed by atoms with E-state index in [-0.39, 0.29) is 6.17 Å². The first-order valence-corrected chi connectivity index (χ1v) is 19.6. The molecule has 0 amide bonds. The summed E-state index contributed by atoms with van der Waals surface area (Å²) in [7, 11) is 0. The zero-order valence-corrected chi connectivity index (χ0v) is 31.8. The Balaban J connectivity index is 1.13. The third-order valence-corrected chi connectivity index (χ3v) is 11.1. The summed E-state index contributed by atoms with van der Waals surface area (Å²) in [5, 5.41) is 25.2. The van der Waals surface area contributed by atoms with Gasteiger partial charge in [0.05, 0.1) is 23.3 Å². The highest BCUT2D eigenvalue weighted by Crippen LogP contribution is 2.48. The van der Waals surface area contributed by atoms with Crippen molar-refractivity contribution in [1.82, 2.24) is 20.3 Å². The molecule has 8 heteroatoms. The van der Waals surface area contributed by atoms with Crippen LogP contribution < -0.4 is 5.32 Å². The van der Waals surface area contributed by atoms with Crippen LogP contribution in [0.15, 0.2) is 168 Å². The predicted octanol–water partition coefficient (Wildman–Crippen LogP) is 10.4. The van der Waals surface area contributed by atoms with E-state index in [0.29, 0.717) is 34.4 Å². The quantitative estimate of drug-likeness (QED) is 0.165. The molecule has 1 saturated carbocycles. The summed E-state index contributed by atoms with van der Waals surface area (Å²) in [6.45, 7) is 0. The fraction of sp³-hybridized carbons (Fsp3) is 0.140. The summed E-state index contributed by atoms with van der Waals surface area (Å²) in [5.74, 6) is 2.87. The number of amidine groups is 2. The van der Waals surface area contributed by atoms with Gasteiger partial charge in [0.2, 0.25) is 0 Å². The Morgan fingerprint density at radius 2 is 0.966 bits per heavy atom. The highest BCUT2D eigenvalue weighted by molar-refractivity contribution is 6.13. The number of rotatable bonds is 8. The molecule has 0 radical (unpaired) electrons. The maximum Gasteiger partial charge on any atom is 0.164 e. The molecule has 2 aliphatic rings. The Morgan fingerprint density at radius 3 is 1.50 bits per heavy atom. The second-order valence-electron chi connectivity index (χ2n) is 14.7. The van der Waals surface area contributed by atoms with Gasteiger partial charge in [-0.25, -0.2) is 24.9 Å². The van der Waals surface area contributed by atoms with E-state index in [9.17, 15) is 10.5 Å². The minimum atomic E-state index is -0.546. The summed E-state index contributed by atoms with van der Waals surface area (Å²) >= 11 is 0. The number of benzene rings is 6. The summed E-state index contributed by atoms with van der Waals surface area (Å²) < 4.78 is 0. The molecule has 2 heterocycles. The van der Waals surface area contributed by atoms with Crippen molar-refractivity contribution in [3.8, 4) is 46.3 Å². The molecular formula is C50H38N8.